The summed E-state index contributed by atoms with van der Waals surface area (Å²) in [6, 6.07) is 8.05. The average molecular weight is 446 g/mol. The number of nitrogens with one attached hydrogen (secondary N) is 1. The van der Waals surface area contributed by atoms with Gasteiger partial charge >= 0.3 is 12.1 Å². The number of ether oxygens (including phenoxy) is 1. The molecule has 1 N–H and O–H groups in total. The molecule has 0 unspecified atom stereocenters. The number of aromatic nitrogens is 3. The van der Waals surface area contributed by atoms with Gasteiger partial charge in [-0.25, -0.2) is 14.5 Å². The topological polar surface area (TPSA) is 103 Å². The number of hydrogen-bond acceptors (Lipinski definition) is 6. The zero-order valence-corrected chi connectivity index (χ0v) is 16.9. The molecule has 32 heavy (non-hydrogen) atoms. The second-order valence-corrected chi connectivity index (χ2v) is 6.72. The third-order valence-corrected chi connectivity index (χ3v) is 4.38. The Morgan fingerprint density at radius 2 is 1.75 bits per heavy atom. The average Bonchev–Trinajstić information content (AvgIpc) is 3.12. The van der Waals surface area contributed by atoms with E-state index >= 15 is 0 Å². The fourth-order valence-corrected chi connectivity index (χ4v) is 2.75. The van der Waals surface area contributed by atoms with Crippen LogP contribution >= 0.6 is 0 Å². The number of halogens is 3. The van der Waals surface area contributed by atoms with E-state index < -0.39 is 30.1 Å². The first-order chi connectivity index (χ1) is 15.1. The Labute approximate surface area is 180 Å². The number of esters is 1. The molecule has 8 nitrogen and oxygen atoms in total. The summed E-state index contributed by atoms with van der Waals surface area (Å²) in [4.78, 5) is 39.4. The largest absolute Gasteiger partial charge is 0.454 e. The van der Waals surface area contributed by atoms with Crippen molar-refractivity contribution >= 4 is 23.3 Å². The number of carbonyl (C=O) groups excluding carboxylic acids is 3. The summed E-state index contributed by atoms with van der Waals surface area (Å²) < 4.78 is 44.3. The molecule has 0 fully saturated rings. The summed E-state index contributed by atoms with van der Waals surface area (Å²) in [5.41, 5.74) is 0.225. The molecule has 0 spiro atoms. The van der Waals surface area contributed by atoms with Crippen molar-refractivity contribution in [2.24, 2.45) is 0 Å². The predicted molar refractivity (Wildman–Crippen MR) is 106 cm³/mol. The van der Waals surface area contributed by atoms with E-state index in [-0.39, 0.29) is 28.5 Å². The molecule has 0 aliphatic carbocycles. The van der Waals surface area contributed by atoms with Crippen LogP contribution in [0.15, 0.2) is 48.8 Å². The van der Waals surface area contributed by atoms with Gasteiger partial charge in [-0.3, -0.25) is 9.59 Å². The number of alkyl halides is 3. The van der Waals surface area contributed by atoms with Gasteiger partial charge in [-0.05, 0) is 43.3 Å². The molecule has 0 aliphatic rings. The number of ketones is 1. The standard InChI is InChI=1S/C21H17F3N4O4/c1-12-17(10-26-28(12)19-8-5-15(9-25-19)21(22,23)24)20(31)32-11-18(30)14-3-6-16(7-4-14)27-13(2)29/h3-10H,11H2,1-2H3,(H,27,29). The van der Waals surface area contributed by atoms with Gasteiger partial charge in [0.1, 0.15) is 5.56 Å². The minimum absolute atomic E-state index is 0.0421. The van der Waals surface area contributed by atoms with E-state index in [9.17, 15) is 27.6 Å². The Hall–Kier alpha value is -4.02. The van der Waals surface area contributed by atoms with Crippen LogP contribution in [0.1, 0.15) is 38.9 Å². The summed E-state index contributed by atoms with van der Waals surface area (Å²) in [5.74, 6) is -1.43. The third kappa shape index (κ3) is 5.17. The van der Waals surface area contributed by atoms with Gasteiger partial charge in [-0.2, -0.15) is 18.3 Å². The van der Waals surface area contributed by atoms with Crippen LogP contribution in [0.2, 0.25) is 0 Å². The highest BCUT2D eigenvalue weighted by Gasteiger charge is 2.31. The van der Waals surface area contributed by atoms with Crippen molar-refractivity contribution < 1.29 is 32.3 Å². The molecule has 0 radical (unpaired) electrons. The van der Waals surface area contributed by atoms with Crippen molar-refractivity contribution in [3.63, 3.8) is 0 Å². The van der Waals surface area contributed by atoms with Gasteiger partial charge in [0.15, 0.2) is 18.2 Å². The monoisotopic (exact) mass is 446 g/mol. The number of Topliss-reactive ketones (excluding diaryl/α,β-unsaturated/α-hetero) is 1. The third-order valence-electron chi connectivity index (χ3n) is 4.38. The molecule has 3 rings (SSSR count). The smallest absolute Gasteiger partial charge is 0.417 e. The van der Waals surface area contributed by atoms with Gasteiger partial charge in [0.05, 0.1) is 17.5 Å². The first-order valence-corrected chi connectivity index (χ1v) is 9.22. The highest BCUT2D eigenvalue weighted by molar-refractivity contribution is 6.00. The van der Waals surface area contributed by atoms with Crippen LogP contribution in [0.4, 0.5) is 18.9 Å². The zero-order valence-electron chi connectivity index (χ0n) is 16.9. The lowest BCUT2D eigenvalue weighted by molar-refractivity contribution is -0.137. The quantitative estimate of drug-likeness (QED) is 0.459. The molecule has 11 heteroatoms. The van der Waals surface area contributed by atoms with E-state index in [2.05, 4.69) is 15.4 Å². The van der Waals surface area contributed by atoms with Crippen LogP contribution in [0.3, 0.4) is 0 Å². The molecule has 0 aliphatic heterocycles. The van der Waals surface area contributed by atoms with E-state index in [1.807, 2.05) is 0 Å². The first-order valence-electron chi connectivity index (χ1n) is 9.22. The van der Waals surface area contributed by atoms with Gasteiger partial charge in [-0.15, -0.1) is 0 Å². The van der Waals surface area contributed by atoms with Crippen LogP contribution in [-0.2, 0) is 15.7 Å². The van der Waals surface area contributed by atoms with Crippen LogP contribution in [-0.4, -0.2) is 39.0 Å². The maximum atomic E-state index is 12.7. The summed E-state index contributed by atoms with van der Waals surface area (Å²) in [5, 5.41) is 6.54. The van der Waals surface area contributed by atoms with Crippen molar-refractivity contribution in [2.75, 3.05) is 11.9 Å². The number of carbonyl (C=O) groups is 3. The van der Waals surface area contributed by atoms with Crippen molar-refractivity contribution in [3.8, 4) is 5.82 Å². The summed E-state index contributed by atoms with van der Waals surface area (Å²) >= 11 is 0. The van der Waals surface area contributed by atoms with Crippen LogP contribution in [0.25, 0.3) is 5.82 Å². The molecule has 166 valence electrons. The fraction of sp³-hybridized carbons (Fsp3) is 0.190. The molecular formula is C21H17F3N4O4. The normalized spacial score (nSPS) is 11.2. The highest BCUT2D eigenvalue weighted by Crippen LogP contribution is 2.28. The van der Waals surface area contributed by atoms with Crippen molar-refractivity contribution in [1.82, 2.24) is 14.8 Å². The molecule has 0 atom stereocenters. The molecule has 2 aromatic heterocycles. The van der Waals surface area contributed by atoms with Gasteiger partial charge in [0.2, 0.25) is 5.91 Å². The first kappa shape index (κ1) is 22.7. The second kappa shape index (κ2) is 9.00. The number of anilines is 1. The van der Waals surface area contributed by atoms with Crippen molar-refractivity contribution in [1.29, 1.82) is 0 Å². The van der Waals surface area contributed by atoms with Crippen LogP contribution in [0, 0.1) is 6.92 Å². The maximum Gasteiger partial charge on any atom is 0.417 e. The number of hydrogen-bond donors (Lipinski definition) is 1. The maximum absolute atomic E-state index is 12.7. The summed E-state index contributed by atoms with van der Waals surface area (Å²) in [7, 11) is 0. The van der Waals surface area contributed by atoms with Crippen LogP contribution in [0.5, 0.6) is 0 Å². The lowest BCUT2D eigenvalue weighted by atomic mass is 10.1. The molecule has 1 amide bonds. The van der Waals surface area contributed by atoms with Crippen LogP contribution < -0.4 is 5.32 Å². The van der Waals surface area contributed by atoms with E-state index in [1.165, 1.54) is 36.9 Å². The van der Waals surface area contributed by atoms with Gasteiger partial charge in [0, 0.05) is 24.4 Å². The Morgan fingerprint density at radius 1 is 1.06 bits per heavy atom. The number of pyridine rings is 1. The lowest BCUT2D eigenvalue weighted by Crippen LogP contribution is -2.15. The van der Waals surface area contributed by atoms with Gasteiger partial charge in [-0.1, -0.05) is 0 Å². The SMILES string of the molecule is CC(=O)Nc1ccc(C(=O)COC(=O)c2cnn(-c3ccc(C(F)(F)F)cn3)c2C)cc1. The Bertz CT molecular complexity index is 1150. The Morgan fingerprint density at radius 3 is 2.31 bits per heavy atom. The lowest BCUT2D eigenvalue weighted by Gasteiger charge is -2.08. The van der Waals surface area contributed by atoms with E-state index in [0.29, 0.717) is 11.9 Å². The predicted octanol–water partition coefficient (Wildman–Crippen LogP) is 3.59. The van der Waals surface area contributed by atoms with Gasteiger partial charge in [0.25, 0.3) is 0 Å². The van der Waals surface area contributed by atoms with Crippen molar-refractivity contribution in [3.05, 3.63) is 71.2 Å². The molecule has 0 saturated heterocycles. The minimum Gasteiger partial charge on any atom is -0.454 e. The number of nitrogens with zero attached hydrogens (tertiary/aromatic N) is 3. The molecule has 0 saturated carbocycles. The molecule has 1 aromatic carbocycles. The molecule has 0 bridgehead atoms. The number of benzene rings is 1. The van der Waals surface area contributed by atoms with Gasteiger partial charge < -0.3 is 10.1 Å². The zero-order chi connectivity index (χ0) is 23.5. The molecule has 3 aromatic rings. The van der Waals surface area contributed by atoms with E-state index in [0.717, 1.165) is 12.1 Å². The minimum atomic E-state index is -4.52. The Balaban J connectivity index is 1.65. The summed E-state index contributed by atoms with van der Waals surface area (Å²) in [6.07, 6.45) is -2.66. The second-order valence-electron chi connectivity index (χ2n) is 6.72. The van der Waals surface area contributed by atoms with E-state index in [1.54, 1.807) is 12.1 Å². The molecular weight excluding hydrogens is 429 g/mol. The summed E-state index contributed by atoms with van der Waals surface area (Å²) in [6.45, 7) is 2.35. The Kier molecular flexibility index (Phi) is 6.37. The highest BCUT2D eigenvalue weighted by atomic mass is 19.4. The number of amides is 1. The fourth-order valence-electron chi connectivity index (χ4n) is 2.75. The molecule has 2 heterocycles. The van der Waals surface area contributed by atoms with E-state index in [4.69, 9.17) is 4.74 Å². The number of rotatable bonds is 6. The van der Waals surface area contributed by atoms with Crippen molar-refractivity contribution in [2.45, 2.75) is 20.0 Å².